The molecule has 1 heterocycles. The highest BCUT2D eigenvalue weighted by atomic mass is 28.1. The molecule has 2 heteroatoms. The van der Waals surface area contributed by atoms with Crippen molar-refractivity contribution in [1.29, 1.82) is 0 Å². The van der Waals surface area contributed by atoms with E-state index in [1.807, 2.05) is 40.7 Å². The second-order valence-electron chi connectivity index (χ2n) is 1.58. The van der Waals surface area contributed by atoms with Gasteiger partial charge in [-0.3, -0.25) is 0 Å². The lowest BCUT2D eigenvalue weighted by molar-refractivity contribution is 1.17. The monoisotopic (exact) mass is 122 g/mol. The first-order valence-electron chi connectivity index (χ1n) is 2.51. The molecule has 0 aromatic carbocycles. The Balaban J connectivity index is 2.69. The lowest BCUT2D eigenvalue weighted by atomic mass is 10.5. The van der Waals surface area contributed by atoms with E-state index in [2.05, 4.69) is 5.32 Å². The Morgan fingerprint density at radius 1 is 1.25 bits per heavy atom. The normalized spacial score (nSPS) is 16.9. The van der Waals surface area contributed by atoms with Crippen LogP contribution in [0, 0.1) is 0 Å². The van der Waals surface area contributed by atoms with E-state index in [0.717, 1.165) is 0 Å². The zero-order valence-corrected chi connectivity index (χ0v) is 6.01. The third-order valence-corrected chi connectivity index (χ3v) is 1.32. The summed E-state index contributed by atoms with van der Waals surface area (Å²) in [4.78, 5) is 0. The van der Waals surface area contributed by atoms with E-state index in [1.165, 1.54) is 5.32 Å². The van der Waals surface area contributed by atoms with Crippen LogP contribution >= 0.6 is 0 Å². The summed E-state index contributed by atoms with van der Waals surface area (Å²) in [5, 5.41) is 4.28. The van der Waals surface area contributed by atoms with E-state index >= 15 is 0 Å². The maximum Gasteiger partial charge on any atom is 0.0697 e. The fraction of sp³-hybridized carbons (Fsp3) is 0. The summed E-state index contributed by atoms with van der Waals surface area (Å²) in [6, 6.07) is 0. The maximum absolute atomic E-state index is 3.07. The molecular formula is C6H8NSi. The van der Waals surface area contributed by atoms with E-state index < -0.39 is 0 Å². The zero-order valence-electron chi connectivity index (χ0n) is 4.59. The molecule has 1 aliphatic heterocycles. The molecule has 0 spiro atoms. The molecule has 41 valence electrons. The minimum atomic E-state index is 1.20. The second kappa shape index (κ2) is 2.52. The molecule has 1 radical (unpaired) electrons. The molecule has 0 aromatic rings. The Morgan fingerprint density at radius 2 is 2.12 bits per heavy atom. The number of hydrogen-bond acceptors (Lipinski definition) is 1. The molecule has 0 saturated carbocycles. The van der Waals surface area contributed by atoms with Crippen LogP contribution in [0.25, 0.3) is 0 Å². The first-order chi connectivity index (χ1) is 3.89. The molecule has 0 bridgehead atoms. The van der Waals surface area contributed by atoms with Crippen LogP contribution in [0.1, 0.15) is 0 Å². The van der Waals surface area contributed by atoms with Gasteiger partial charge >= 0.3 is 0 Å². The number of rotatable bonds is 0. The first kappa shape index (κ1) is 5.38. The number of allylic oxidation sites excluding steroid dienone is 4. The fourth-order valence-electron chi connectivity index (χ4n) is 0.495. The Hall–Kier alpha value is -0.763. The van der Waals surface area contributed by atoms with Gasteiger partial charge in [0.25, 0.3) is 0 Å². The van der Waals surface area contributed by atoms with Crippen LogP contribution in [0.2, 0.25) is 0 Å². The van der Waals surface area contributed by atoms with E-state index in [0.29, 0.717) is 0 Å². The summed E-state index contributed by atoms with van der Waals surface area (Å²) in [5.74, 6) is 0. The molecule has 1 nitrogen and oxygen atoms in total. The zero-order chi connectivity index (χ0) is 5.82. The van der Waals surface area contributed by atoms with Crippen molar-refractivity contribution in [2.75, 3.05) is 0 Å². The standard InChI is InChI=1S/C6H8NSi/c8-6-4-2-1-3-5-7-6/h1-5,7H,8H2. The Morgan fingerprint density at radius 3 is 3.00 bits per heavy atom. The van der Waals surface area contributed by atoms with Gasteiger partial charge < -0.3 is 5.32 Å². The molecule has 1 rings (SSSR count). The number of hydrogen-bond donors (Lipinski definition) is 1. The average molecular weight is 122 g/mol. The summed E-state index contributed by atoms with van der Waals surface area (Å²) in [6.07, 6.45) is 9.94. The van der Waals surface area contributed by atoms with Crippen molar-refractivity contribution >= 4 is 10.2 Å². The van der Waals surface area contributed by atoms with Gasteiger partial charge in [-0.1, -0.05) is 12.2 Å². The first-order valence-corrected chi connectivity index (χ1v) is 3.22. The quantitative estimate of drug-likeness (QED) is 0.450. The molecule has 0 fully saturated rings. The largest absolute Gasteiger partial charge is 0.370 e. The average Bonchev–Trinajstić information content (AvgIpc) is 1.94. The lowest BCUT2D eigenvalue weighted by Gasteiger charge is -1.93. The van der Waals surface area contributed by atoms with Crippen molar-refractivity contribution in [2.24, 2.45) is 0 Å². The fourth-order valence-corrected chi connectivity index (χ4v) is 0.749. The van der Waals surface area contributed by atoms with E-state index in [4.69, 9.17) is 0 Å². The molecule has 0 amide bonds. The van der Waals surface area contributed by atoms with Crippen LogP contribution in [-0.4, -0.2) is 10.2 Å². The van der Waals surface area contributed by atoms with Crippen molar-refractivity contribution in [3.05, 3.63) is 35.8 Å². The molecule has 8 heavy (non-hydrogen) atoms. The van der Waals surface area contributed by atoms with Crippen molar-refractivity contribution in [1.82, 2.24) is 5.32 Å². The Bertz CT molecular complexity index is 156. The van der Waals surface area contributed by atoms with Gasteiger partial charge in [-0.05, 0) is 17.5 Å². The highest BCUT2D eigenvalue weighted by Crippen LogP contribution is 1.88. The topological polar surface area (TPSA) is 12.0 Å². The predicted octanol–water partition coefficient (Wildman–Crippen LogP) is 0.134. The van der Waals surface area contributed by atoms with Crippen LogP contribution in [0.3, 0.4) is 0 Å². The van der Waals surface area contributed by atoms with Crippen LogP contribution < -0.4 is 5.32 Å². The molecule has 0 unspecified atom stereocenters. The molecule has 1 aliphatic rings. The van der Waals surface area contributed by atoms with Crippen LogP contribution in [0.15, 0.2) is 35.8 Å². The van der Waals surface area contributed by atoms with Crippen molar-refractivity contribution in [2.45, 2.75) is 0 Å². The van der Waals surface area contributed by atoms with Gasteiger partial charge in [-0.15, -0.1) is 0 Å². The smallest absolute Gasteiger partial charge is 0.0697 e. The Labute approximate surface area is 52.2 Å². The van der Waals surface area contributed by atoms with Crippen molar-refractivity contribution in [3.63, 3.8) is 0 Å². The van der Waals surface area contributed by atoms with Gasteiger partial charge in [0.2, 0.25) is 0 Å². The Kier molecular flexibility index (Phi) is 1.69. The van der Waals surface area contributed by atoms with E-state index in [1.54, 1.807) is 0 Å². The third kappa shape index (κ3) is 1.39. The van der Waals surface area contributed by atoms with Gasteiger partial charge in [0, 0.05) is 6.20 Å². The molecule has 1 N–H and O–H groups in total. The summed E-state index contributed by atoms with van der Waals surface area (Å²) in [5.41, 5.74) is 0. The summed E-state index contributed by atoms with van der Waals surface area (Å²) in [7, 11) is 1.84. The van der Waals surface area contributed by atoms with Crippen LogP contribution in [-0.2, 0) is 0 Å². The lowest BCUT2D eigenvalue weighted by Crippen LogP contribution is -2.02. The molecule has 0 atom stereocenters. The molecule has 0 aliphatic carbocycles. The van der Waals surface area contributed by atoms with Gasteiger partial charge in [-0.25, -0.2) is 0 Å². The summed E-state index contributed by atoms with van der Waals surface area (Å²) >= 11 is 0. The SMILES string of the molecule is [SiH2]C1=CC=CC=CN1. The minimum absolute atomic E-state index is 1.20. The third-order valence-electron chi connectivity index (χ3n) is 0.885. The molecule has 0 saturated heterocycles. The highest BCUT2D eigenvalue weighted by Gasteiger charge is 1.80. The molecule has 0 aromatic heterocycles. The van der Waals surface area contributed by atoms with Crippen molar-refractivity contribution < 1.29 is 0 Å². The molecular weight excluding hydrogens is 114 g/mol. The van der Waals surface area contributed by atoms with E-state index in [-0.39, 0.29) is 0 Å². The summed E-state index contributed by atoms with van der Waals surface area (Å²) < 4.78 is 0. The second-order valence-corrected chi connectivity index (χ2v) is 2.34. The predicted molar refractivity (Wildman–Crippen MR) is 38.0 cm³/mol. The van der Waals surface area contributed by atoms with Crippen LogP contribution in [0.4, 0.5) is 0 Å². The van der Waals surface area contributed by atoms with Gasteiger partial charge in [-0.2, -0.15) is 0 Å². The summed E-state index contributed by atoms with van der Waals surface area (Å²) in [6.45, 7) is 0. The van der Waals surface area contributed by atoms with Crippen LogP contribution in [0.5, 0.6) is 0 Å². The number of nitrogens with one attached hydrogen (secondary N) is 1. The van der Waals surface area contributed by atoms with E-state index in [9.17, 15) is 0 Å². The van der Waals surface area contributed by atoms with Crippen molar-refractivity contribution in [3.8, 4) is 0 Å². The maximum atomic E-state index is 3.07. The van der Waals surface area contributed by atoms with Gasteiger partial charge in [0.1, 0.15) is 0 Å². The van der Waals surface area contributed by atoms with Gasteiger partial charge in [0.15, 0.2) is 0 Å². The highest BCUT2D eigenvalue weighted by molar-refractivity contribution is 6.21. The van der Waals surface area contributed by atoms with Gasteiger partial charge in [0.05, 0.1) is 10.2 Å². The minimum Gasteiger partial charge on any atom is -0.370 e.